The van der Waals surface area contributed by atoms with E-state index < -0.39 is 0 Å². The molecule has 102 valence electrons. The van der Waals surface area contributed by atoms with Crippen molar-refractivity contribution >= 4 is 54.8 Å². The Balaban J connectivity index is 2.38. The van der Waals surface area contributed by atoms with Crippen LogP contribution in [0.5, 0.6) is 0 Å². The molecule has 0 aliphatic heterocycles. The number of thiophene rings is 1. The molecule has 1 aromatic heterocycles. The normalized spacial score (nSPS) is 12.6. The van der Waals surface area contributed by atoms with Gasteiger partial charge in [0.15, 0.2) is 0 Å². The van der Waals surface area contributed by atoms with E-state index in [1.54, 1.807) is 11.3 Å². The quantitative estimate of drug-likeness (QED) is 0.620. The minimum absolute atomic E-state index is 0.171. The van der Waals surface area contributed by atoms with Crippen molar-refractivity contribution in [2.45, 2.75) is 19.4 Å². The Morgan fingerprint density at radius 2 is 2.00 bits per heavy atom. The van der Waals surface area contributed by atoms with E-state index in [0.717, 1.165) is 26.2 Å². The summed E-state index contributed by atoms with van der Waals surface area (Å²) in [4.78, 5) is 1.22. The predicted molar refractivity (Wildman–Crippen MR) is 91.3 cm³/mol. The summed E-state index contributed by atoms with van der Waals surface area (Å²) in [5, 5.41) is 3.58. The standard InChI is InChI=1S/C14H14Br2ClNS/c1-2-7-18-13(9-5-3-4-6-10(9)15)12-8-11(16)14(17)19-12/h3-6,8,13,18H,2,7H2,1H3. The SMILES string of the molecule is CCCNC(c1cc(Br)c(Cl)s1)c1ccccc1Br. The second-order valence-electron chi connectivity index (χ2n) is 4.18. The van der Waals surface area contributed by atoms with E-state index in [-0.39, 0.29) is 6.04 Å². The molecule has 0 saturated heterocycles. The molecule has 0 aliphatic carbocycles. The highest BCUT2D eigenvalue weighted by atomic mass is 79.9. The van der Waals surface area contributed by atoms with Gasteiger partial charge in [-0.15, -0.1) is 11.3 Å². The van der Waals surface area contributed by atoms with Crippen molar-refractivity contribution in [3.63, 3.8) is 0 Å². The Morgan fingerprint density at radius 1 is 1.26 bits per heavy atom. The molecular weight excluding hydrogens is 409 g/mol. The van der Waals surface area contributed by atoms with Crippen LogP contribution in [0.1, 0.15) is 29.8 Å². The van der Waals surface area contributed by atoms with Crippen LogP contribution in [0.4, 0.5) is 0 Å². The molecule has 0 radical (unpaired) electrons. The predicted octanol–water partition coefficient (Wildman–Crippen LogP) is 6.02. The van der Waals surface area contributed by atoms with Gasteiger partial charge in [0.05, 0.1) is 6.04 Å². The smallest absolute Gasteiger partial charge is 0.107 e. The summed E-state index contributed by atoms with van der Waals surface area (Å²) >= 11 is 14.9. The summed E-state index contributed by atoms with van der Waals surface area (Å²) < 4.78 is 2.87. The van der Waals surface area contributed by atoms with E-state index in [4.69, 9.17) is 11.6 Å². The fourth-order valence-electron chi connectivity index (χ4n) is 1.87. The van der Waals surface area contributed by atoms with Crippen molar-refractivity contribution in [1.82, 2.24) is 5.32 Å². The second kappa shape index (κ2) is 7.23. The number of hydrogen-bond donors (Lipinski definition) is 1. The number of rotatable bonds is 5. The molecular formula is C14H14Br2ClNS. The van der Waals surface area contributed by atoms with Crippen molar-refractivity contribution in [2.24, 2.45) is 0 Å². The summed E-state index contributed by atoms with van der Waals surface area (Å²) in [5.41, 5.74) is 1.24. The molecule has 1 N–H and O–H groups in total. The zero-order chi connectivity index (χ0) is 13.8. The van der Waals surface area contributed by atoms with Gasteiger partial charge >= 0.3 is 0 Å². The van der Waals surface area contributed by atoms with E-state index in [1.165, 1.54) is 10.4 Å². The Bertz CT molecular complexity index is 537. The van der Waals surface area contributed by atoms with Gasteiger partial charge in [0, 0.05) is 13.8 Å². The van der Waals surface area contributed by atoms with Crippen LogP contribution >= 0.6 is 54.8 Å². The zero-order valence-electron chi connectivity index (χ0n) is 10.4. The lowest BCUT2D eigenvalue weighted by Gasteiger charge is -2.19. The van der Waals surface area contributed by atoms with Gasteiger partial charge in [-0.3, -0.25) is 0 Å². The van der Waals surface area contributed by atoms with Crippen molar-refractivity contribution < 1.29 is 0 Å². The minimum Gasteiger partial charge on any atom is -0.306 e. The minimum atomic E-state index is 0.171. The molecule has 1 aromatic carbocycles. The molecule has 0 spiro atoms. The van der Waals surface area contributed by atoms with E-state index in [9.17, 15) is 0 Å². The fraction of sp³-hybridized carbons (Fsp3) is 0.286. The van der Waals surface area contributed by atoms with Gasteiger partial charge in [-0.1, -0.05) is 52.7 Å². The van der Waals surface area contributed by atoms with Gasteiger partial charge in [-0.2, -0.15) is 0 Å². The first kappa shape index (κ1) is 15.5. The highest BCUT2D eigenvalue weighted by molar-refractivity contribution is 9.10. The van der Waals surface area contributed by atoms with Crippen LogP contribution < -0.4 is 5.32 Å². The molecule has 1 atom stereocenters. The summed E-state index contributed by atoms with van der Waals surface area (Å²) in [7, 11) is 0. The third kappa shape index (κ3) is 3.82. The van der Waals surface area contributed by atoms with Gasteiger partial charge in [0.1, 0.15) is 4.34 Å². The average molecular weight is 424 g/mol. The van der Waals surface area contributed by atoms with Crippen LogP contribution in [0.3, 0.4) is 0 Å². The summed E-state index contributed by atoms with van der Waals surface area (Å²) in [6.45, 7) is 3.14. The molecule has 0 aliphatic rings. The first-order chi connectivity index (χ1) is 9.13. The van der Waals surface area contributed by atoms with Gasteiger partial charge in [-0.05, 0) is 46.6 Å². The lowest BCUT2D eigenvalue weighted by molar-refractivity contribution is 0.604. The monoisotopic (exact) mass is 421 g/mol. The molecule has 2 aromatic rings. The summed E-state index contributed by atoms with van der Waals surface area (Å²) in [6.07, 6.45) is 1.10. The van der Waals surface area contributed by atoms with Gasteiger partial charge in [0.2, 0.25) is 0 Å². The van der Waals surface area contributed by atoms with Gasteiger partial charge in [0.25, 0.3) is 0 Å². The average Bonchev–Trinajstić information content (AvgIpc) is 2.72. The molecule has 5 heteroatoms. The highest BCUT2D eigenvalue weighted by Gasteiger charge is 2.19. The largest absolute Gasteiger partial charge is 0.306 e. The van der Waals surface area contributed by atoms with Crippen molar-refractivity contribution in [3.8, 4) is 0 Å². The van der Waals surface area contributed by atoms with E-state index in [0.29, 0.717) is 0 Å². The third-order valence-corrected chi connectivity index (χ3v) is 6.03. The molecule has 1 unspecified atom stereocenters. The summed E-state index contributed by atoms with van der Waals surface area (Å²) in [6, 6.07) is 10.6. The molecule has 0 amide bonds. The third-order valence-electron chi connectivity index (χ3n) is 2.76. The van der Waals surface area contributed by atoms with Gasteiger partial charge in [-0.25, -0.2) is 0 Å². The first-order valence-electron chi connectivity index (χ1n) is 6.06. The molecule has 2 rings (SSSR count). The maximum Gasteiger partial charge on any atom is 0.107 e. The second-order valence-corrected chi connectivity index (χ2v) is 7.57. The van der Waals surface area contributed by atoms with Gasteiger partial charge < -0.3 is 5.32 Å². The van der Waals surface area contributed by atoms with Crippen LogP contribution in [0.2, 0.25) is 4.34 Å². The highest BCUT2D eigenvalue weighted by Crippen LogP contribution is 2.38. The molecule has 1 nitrogen and oxygen atoms in total. The molecule has 0 bridgehead atoms. The lowest BCUT2D eigenvalue weighted by Crippen LogP contribution is -2.22. The number of nitrogens with one attached hydrogen (secondary N) is 1. The van der Waals surface area contributed by atoms with E-state index in [1.807, 2.05) is 6.07 Å². The van der Waals surface area contributed by atoms with Crippen LogP contribution in [-0.4, -0.2) is 6.54 Å². The first-order valence-corrected chi connectivity index (χ1v) is 8.84. The lowest BCUT2D eigenvalue weighted by atomic mass is 10.1. The van der Waals surface area contributed by atoms with Crippen LogP contribution in [0.15, 0.2) is 39.3 Å². The van der Waals surface area contributed by atoms with Crippen LogP contribution in [0.25, 0.3) is 0 Å². The summed E-state index contributed by atoms with van der Waals surface area (Å²) in [5.74, 6) is 0. The van der Waals surface area contributed by atoms with Crippen LogP contribution in [-0.2, 0) is 0 Å². The number of halogens is 3. The Hall–Kier alpha value is 0.130. The number of hydrogen-bond acceptors (Lipinski definition) is 2. The molecule has 0 fully saturated rings. The maximum atomic E-state index is 6.17. The molecule has 19 heavy (non-hydrogen) atoms. The topological polar surface area (TPSA) is 12.0 Å². The van der Waals surface area contributed by atoms with Crippen LogP contribution in [0, 0.1) is 0 Å². The van der Waals surface area contributed by atoms with E-state index >= 15 is 0 Å². The Labute approximate surface area is 139 Å². The molecule has 1 heterocycles. The van der Waals surface area contributed by atoms with Crippen molar-refractivity contribution in [3.05, 3.63) is 54.1 Å². The van der Waals surface area contributed by atoms with Crippen molar-refractivity contribution in [1.29, 1.82) is 0 Å². The maximum absolute atomic E-state index is 6.17. The van der Waals surface area contributed by atoms with Crippen molar-refractivity contribution in [2.75, 3.05) is 6.54 Å². The van der Waals surface area contributed by atoms with E-state index in [2.05, 4.69) is 68.4 Å². The fourth-order valence-corrected chi connectivity index (χ4v) is 4.21. The Kier molecular flexibility index (Phi) is 5.90. The molecule has 0 saturated carbocycles. The Morgan fingerprint density at radius 3 is 2.58 bits per heavy atom. The number of benzene rings is 1. The zero-order valence-corrected chi connectivity index (χ0v) is 15.2.